The van der Waals surface area contributed by atoms with Gasteiger partial charge in [0.05, 0.1) is 13.2 Å². The third-order valence-electron chi connectivity index (χ3n) is 0.907. The van der Waals surface area contributed by atoms with Crippen LogP contribution in [0.4, 0.5) is 0 Å². The summed E-state index contributed by atoms with van der Waals surface area (Å²) in [5.41, 5.74) is 0. The Morgan fingerprint density at radius 3 is 1.75 bits per heavy atom. The maximum absolute atomic E-state index is 10.7. The van der Waals surface area contributed by atoms with E-state index < -0.39 is 7.82 Å². The van der Waals surface area contributed by atoms with E-state index in [2.05, 4.69) is 9.05 Å². The van der Waals surface area contributed by atoms with E-state index in [1.54, 1.807) is 0 Å². The van der Waals surface area contributed by atoms with E-state index in [0.717, 1.165) is 0 Å². The summed E-state index contributed by atoms with van der Waals surface area (Å²) in [7, 11) is -3.98. The average Bonchev–Trinajstić information content (AvgIpc) is 1.97. The van der Waals surface area contributed by atoms with Gasteiger partial charge in [0.2, 0.25) is 0 Å². The summed E-state index contributed by atoms with van der Waals surface area (Å²) in [5.74, 6) is 0. The van der Waals surface area contributed by atoms with Gasteiger partial charge in [-0.05, 0) is 12.8 Å². The Bertz CT molecular complexity index is 130. The molecule has 0 saturated carbocycles. The summed E-state index contributed by atoms with van der Waals surface area (Å²) in [6.07, 6.45) is 1.34. The van der Waals surface area contributed by atoms with Gasteiger partial charge in [0.1, 0.15) is 0 Å². The zero-order valence-electron chi connectivity index (χ0n) is 7.29. The molecule has 4 nitrogen and oxygen atoms in total. The first-order valence-corrected chi connectivity index (χ1v) is 5.18. The smallest absolute Gasteiger partial charge is 0.267 e. The van der Waals surface area contributed by atoms with Crippen molar-refractivity contribution in [3.8, 4) is 0 Å². The van der Waals surface area contributed by atoms with E-state index in [1.807, 2.05) is 13.8 Å². The zero-order valence-corrected chi connectivity index (χ0v) is 9.36. The molecule has 0 aliphatic carbocycles. The fourth-order valence-corrected chi connectivity index (χ4v) is 1.33. The Morgan fingerprint density at radius 1 is 1.17 bits per heavy atom. The molecule has 0 aliphatic heterocycles. The SMILES string of the molecule is CCCOP(=O)([O-])OCCC.[Mn]. The van der Waals surface area contributed by atoms with Gasteiger partial charge in [0, 0.05) is 17.1 Å². The second-order valence-corrected chi connectivity index (χ2v) is 3.52. The molecule has 0 spiro atoms. The Labute approximate surface area is 83.7 Å². The third-order valence-corrected chi connectivity index (χ3v) is 1.90. The predicted octanol–water partition coefficient (Wildman–Crippen LogP) is 1.31. The third kappa shape index (κ3) is 8.72. The molecule has 0 aliphatic rings. The summed E-state index contributed by atoms with van der Waals surface area (Å²) in [6.45, 7) is 4.06. The van der Waals surface area contributed by atoms with Crippen molar-refractivity contribution >= 4 is 7.82 Å². The molecule has 0 unspecified atom stereocenters. The minimum absolute atomic E-state index is 0. The molecule has 6 heteroatoms. The Kier molecular flexibility index (Phi) is 10.4. The summed E-state index contributed by atoms with van der Waals surface area (Å²) < 4.78 is 19.6. The topological polar surface area (TPSA) is 58.6 Å². The van der Waals surface area contributed by atoms with Gasteiger partial charge in [-0.3, -0.25) is 4.57 Å². The first kappa shape index (κ1) is 15.1. The van der Waals surface area contributed by atoms with Crippen LogP contribution in [0, 0.1) is 0 Å². The molecule has 0 heterocycles. The molecule has 12 heavy (non-hydrogen) atoms. The average molecular weight is 236 g/mol. The van der Waals surface area contributed by atoms with E-state index in [9.17, 15) is 9.46 Å². The normalized spacial score (nSPS) is 10.9. The number of rotatable bonds is 6. The van der Waals surface area contributed by atoms with Crippen LogP contribution < -0.4 is 4.89 Å². The van der Waals surface area contributed by atoms with E-state index in [0.29, 0.717) is 12.8 Å². The molecule has 75 valence electrons. The standard InChI is InChI=1S/C6H15O4P.Mn/c1-3-5-9-11(7,8)10-6-4-2;/h3-6H2,1-2H3,(H,7,8);/p-1. The van der Waals surface area contributed by atoms with Gasteiger partial charge in [-0.2, -0.15) is 0 Å². The second kappa shape index (κ2) is 8.24. The van der Waals surface area contributed by atoms with Gasteiger partial charge in [0.15, 0.2) is 0 Å². The van der Waals surface area contributed by atoms with Crippen molar-refractivity contribution in [2.24, 2.45) is 0 Å². The molecule has 0 aromatic carbocycles. The van der Waals surface area contributed by atoms with E-state index >= 15 is 0 Å². The predicted molar refractivity (Wildman–Crippen MR) is 40.1 cm³/mol. The summed E-state index contributed by atoms with van der Waals surface area (Å²) >= 11 is 0. The van der Waals surface area contributed by atoms with Gasteiger partial charge >= 0.3 is 0 Å². The van der Waals surface area contributed by atoms with Crippen LogP contribution in [-0.2, 0) is 30.7 Å². The van der Waals surface area contributed by atoms with E-state index in [1.165, 1.54) is 0 Å². The first-order valence-electron chi connectivity index (χ1n) is 3.72. The molecule has 0 saturated heterocycles. The van der Waals surface area contributed by atoms with Crippen LogP contribution in [0.25, 0.3) is 0 Å². The maximum atomic E-state index is 10.7. The quantitative estimate of drug-likeness (QED) is 0.515. The van der Waals surface area contributed by atoms with Crippen LogP contribution >= 0.6 is 7.82 Å². The van der Waals surface area contributed by atoms with Crippen molar-refractivity contribution in [1.29, 1.82) is 0 Å². The number of hydrogen-bond acceptors (Lipinski definition) is 4. The van der Waals surface area contributed by atoms with Crippen LogP contribution in [-0.4, -0.2) is 13.2 Å². The number of hydrogen-bond donors (Lipinski definition) is 0. The van der Waals surface area contributed by atoms with Gasteiger partial charge < -0.3 is 13.9 Å². The Balaban J connectivity index is 0. The molecule has 1 radical (unpaired) electrons. The van der Waals surface area contributed by atoms with E-state index in [4.69, 9.17) is 0 Å². The van der Waals surface area contributed by atoms with Crippen molar-refractivity contribution in [3.63, 3.8) is 0 Å². The van der Waals surface area contributed by atoms with Crippen molar-refractivity contribution < 1.29 is 35.6 Å². The maximum Gasteiger partial charge on any atom is 0.267 e. The minimum Gasteiger partial charge on any atom is -0.756 e. The van der Waals surface area contributed by atoms with Crippen LogP contribution in [0.3, 0.4) is 0 Å². The molecule has 0 N–H and O–H groups in total. The Morgan fingerprint density at radius 2 is 1.50 bits per heavy atom. The van der Waals surface area contributed by atoms with Crippen molar-refractivity contribution in [3.05, 3.63) is 0 Å². The van der Waals surface area contributed by atoms with Gasteiger partial charge in [-0.15, -0.1) is 0 Å². The van der Waals surface area contributed by atoms with Crippen molar-refractivity contribution in [2.45, 2.75) is 26.7 Å². The summed E-state index contributed by atoms with van der Waals surface area (Å²) in [5, 5.41) is 0. The second-order valence-electron chi connectivity index (χ2n) is 2.11. The largest absolute Gasteiger partial charge is 0.756 e. The van der Waals surface area contributed by atoms with Gasteiger partial charge in [-0.1, -0.05) is 13.8 Å². The van der Waals surface area contributed by atoms with E-state index in [-0.39, 0.29) is 30.3 Å². The molecule has 0 aromatic heterocycles. The zero-order chi connectivity index (χ0) is 8.74. The fraction of sp³-hybridized carbons (Fsp3) is 1.00. The molecular weight excluding hydrogens is 222 g/mol. The fourth-order valence-electron chi connectivity index (χ4n) is 0.443. The molecule has 0 amide bonds. The molecule has 0 fully saturated rings. The summed E-state index contributed by atoms with van der Waals surface area (Å²) in [4.78, 5) is 10.7. The van der Waals surface area contributed by atoms with Crippen molar-refractivity contribution in [1.82, 2.24) is 0 Å². The number of phosphoric ester groups is 1. The molecule has 0 bridgehead atoms. The van der Waals surface area contributed by atoms with Crippen LogP contribution in [0.15, 0.2) is 0 Å². The van der Waals surface area contributed by atoms with Gasteiger partial charge in [-0.25, -0.2) is 0 Å². The first-order chi connectivity index (χ1) is 5.12. The molecule has 0 aromatic rings. The van der Waals surface area contributed by atoms with Crippen LogP contribution in [0.2, 0.25) is 0 Å². The monoisotopic (exact) mass is 236 g/mol. The molecule has 0 atom stereocenters. The minimum atomic E-state index is -3.98. The van der Waals surface area contributed by atoms with Crippen LogP contribution in [0.1, 0.15) is 26.7 Å². The summed E-state index contributed by atoms with van der Waals surface area (Å²) in [6, 6.07) is 0. The van der Waals surface area contributed by atoms with Gasteiger partial charge in [0.25, 0.3) is 7.82 Å². The Hall–Kier alpha value is 0.629. The van der Waals surface area contributed by atoms with Crippen molar-refractivity contribution in [2.75, 3.05) is 13.2 Å². The molecule has 0 rings (SSSR count). The molecular formula is C6H14MnO4P-. The van der Waals surface area contributed by atoms with Crippen LogP contribution in [0.5, 0.6) is 0 Å². The number of phosphoric acid groups is 1.